The molecular formula is C17H28N2O. The van der Waals surface area contributed by atoms with Crippen molar-refractivity contribution in [3.8, 4) is 0 Å². The number of carbonyl (C=O) groups excluding carboxylic acids is 1. The molecule has 0 saturated heterocycles. The first kappa shape index (κ1) is 16.7. The van der Waals surface area contributed by atoms with Crippen LogP contribution in [0.2, 0.25) is 0 Å². The van der Waals surface area contributed by atoms with Crippen molar-refractivity contribution < 1.29 is 4.79 Å². The van der Waals surface area contributed by atoms with Gasteiger partial charge in [0.15, 0.2) is 0 Å². The fraction of sp³-hybridized carbons (Fsp3) is 0.588. The second-order valence-electron chi connectivity index (χ2n) is 5.69. The molecule has 0 aliphatic heterocycles. The molecule has 0 unspecified atom stereocenters. The minimum atomic E-state index is 0.211. The molecule has 0 heterocycles. The molecular weight excluding hydrogens is 248 g/mol. The zero-order chi connectivity index (χ0) is 15.0. The van der Waals surface area contributed by atoms with Gasteiger partial charge in [0, 0.05) is 12.6 Å². The largest absolute Gasteiger partial charge is 0.335 e. The van der Waals surface area contributed by atoms with E-state index in [0.29, 0.717) is 13.1 Å². The lowest BCUT2D eigenvalue weighted by molar-refractivity contribution is -0.134. The van der Waals surface area contributed by atoms with Crippen molar-refractivity contribution >= 4 is 5.91 Å². The van der Waals surface area contributed by atoms with Gasteiger partial charge in [0.1, 0.15) is 0 Å². The lowest BCUT2D eigenvalue weighted by Crippen LogP contribution is -2.42. The summed E-state index contributed by atoms with van der Waals surface area (Å²) >= 11 is 0. The number of carbonyl (C=O) groups is 1. The molecule has 20 heavy (non-hydrogen) atoms. The van der Waals surface area contributed by atoms with Crippen molar-refractivity contribution in [1.29, 1.82) is 0 Å². The number of rotatable bonds is 8. The number of hydrogen-bond acceptors (Lipinski definition) is 2. The first-order valence-electron chi connectivity index (χ1n) is 7.56. The molecule has 1 rings (SSSR count). The number of unbranched alkanes of at least 4 members (excludes halogenated alkanes) is 1. The summed E-state index contributed by atoms with van der Waals surface area (Å²) in [4.78, 5) is 16.5. The Balaban J connectivity index is 2.59. The van der Waals surface area contributed by atoms with Crippen LogP contribution in [-0.2, 0) is 11.3 Å². The van der Waals surface area contributed by atoms with E-state index in [4.69, 9.17) is 0 Å². The van der Waals surface area contributed by atoms with Crippen molar-refractivity contribution in [3.05, 3.63) is 35.9 Å². The number of benzene rings is 1. The number of hydrogen-bond donors (Lipinski definition) is 0. The first-order valence-corrected chi connectivity index (χ1v) is 7.56. The van der Waals surface area contributed by atoms with Gasteiger partial charge in [-0.15, -0.1) is 0 Å². The number of likely N-dealkylation sites (N-methyl/N-ethyl adjacent to an activating group) is 1. The summed E-state index contributed by atoms with van der Waals surface area (Å²) in [6.07, 6.45) is 2.31. The van der Waals surface area contributed by atoms with E-state index < -0.39 is 0 Å². The molecule has 112 valence electrons. The Bertz CT molecular complexity index is 389. The van der Waals surface area contributed by atoms with Crippen LogP contribution in [0.15, 0.2) is 30.3 Å². The number of nitrogens with zero attached hydrogens (tertiary/aromatic N) is 2. The smallest absolute Gasteiger partial charge is 0.237 e. The Hall–Kier alpha value is -1.35. The monoisotopic (exact) mass is 276 g/mol. The van der Waals surface area contributed by atoms with Gasteiger partial charge in [0.05, 0.1) is 6.54 Å². The van der Waals surface area contributed by atoms with Crippen LogP contribution in [-0.4, -0.2) is 41.9 Å². The maximum atomic E-state index is 12.4. The van der Waals surface area contributed by atoms with Gasteiger partial charge in [-0.25, -0.2) is 0 Å². The van der Waals surface area contributed by atoms with E-state index in [-0.39, 0.29) is 11.9 Å². The van der Waals surface area contributed by atoms with E-state index in [1.54, 1.807) is 0 Å². The quantitative estimate of drug-likeness (QED) is 0.728. The third-order valence-corrected chi connectivity index (χ3v) is 3.44. The summed E-state index contributed by atoms with van der Waals surface area (Å²) < 4.78 is 0. The summed E-state index contributed by atoms with van der Waals surface area (Å²) in [5.41, 5.74) is 1.19. The molecule has 0 aliphatic carbocycles. The lowest BCUT2D eigenvalue weighted by Gasteiger charge is -2.29. The Morgan fingerprint density at radius 3 is 2.40 bits per heavy atom. The summed E-state index contributed by atoms with van der Waals surface area (Å²) in [5.74, 6) is 0.211. The second kappa shape index (κ2) is 8.75. The van der Waals surface area contributed by atoms with Crippen LogP contribution in [0.3, 0.4) is 0 Å². The third kappa shape index (κ3) is 5.74. The molecule has 0 aromatic heterocycles. The molecule has 1 aromatic rings. The zero-order valence-electron chi connectivity index (χ0n) is 13.3. The SMILES string of the molecule is CCCCN(C)CC(=O)N(Cc1ccccc1)C(C)C. The Kier molecular flexibility index (Phi) is 7.31. The van der Waals surface area contributed by atoms with E-state index >= 15 is 0 Å². The van der Waals surface area contributed by atoms with Gasteiger partial charge < -0.3 is 4.90 Å². The summed E-state index contributed by atoms with van der Waals surface area (Å²) in [6.45, 7) is 8.51. The highest BCUT2D eigenvalue weighted by molar-refractivity contribution is 5.78. The molecule has 0 fully saturated rings. The Morgan fingerprint density at radius 1 is 1.20 bits per heavy atom. The van der Waals surface area contributed by atoms with E-state index in [9.17, 15) is 4.79 Å². The van der Waals surface area contributed by atoms with Crippen LogP contribution in [0.25, 0.3) is 0 Å². The van der Waals surface area contributed by atoms with E-state index in [1.807, 2.05) is 30.1 Å². The molecule has 0 N–H and O–H groups in total. The number of amides is 1. The van der Waals surface area contributed by atoms with E-state index in [2.05, 4.69) is 37.8 Å². The Morgan fingerprint density at radius 2 is 1.85 bits per heavy atom. The maximum Gasteiger partial charge on any atom is 0.237 e. The van der Waals surface area contributed by atoms with Gasteiger partial charge in [-0.3, -0.25) is 9.69 Å². The predicted molar refractivity (Wildman–Crippen MR) is 84.5 cm³/mol. The van der Waals surface area contributed by atoms with E-state index in [0.717, 1.165) is 19.4 Å². The molecule has 1 aromatic carbocycles. The van der Waals surface area contributed by atoms with Crippen LogP contribution in [0.5, 0.6) is 0 Å². The molecule has 0 spiro atoms. The van der Waals surface area contributed by atoms with Crippen LogP contribution in [0.1, 0.15) is 39.2 Å². The molecule has 1 amide bonds. The maximum absolute atomic E-state index is 12.4. The standard InChI is InChI=1S/C17H28N2O/c1-5-6-12-18(4)14-17(20)19(15(2)3)13-16-10-8-7-9-11-16/h7-11,15H,5-6,12-14H2,1-4H3. The summed E-state index contributed by atoms with van der Waals surface area (Å²) in [5, 5.41) is 0. The van der Waals surface area contributed by atoms with Gasteiger partial charge >= 0.3 is 0 Å². The van der Waals surface area contributed by atoms with Crippen molar-refractivity contribution in [3.63, 3.8) is 0 Å². The molecule has 0 radical (unpaired) electrons. The van der Waals surface area contributed by atoms with E-state index in [1.165, 1.54) is 5.56 Å². The zero-order valence-corrected chi connectivity index (χ0v) is 13.3. The van der Waals surface area contributed by atoms with Gasteiger partial charge in [0.25, 0.3) is 0 Å². The minimum Gasteiger partial charge on any atom is -0.335 e. The second-order valence-corrected chi connectivity index (χ2v) is 5.69. The van der Waals surface area contributed by atoms with Crippen LogP contribution in [0, 0.1) is 0 Å². The normalized spacial score (nSPS) is 11.1. The van der Waals surface area contributed by atoms with Crippen LogP contribution >= 0.6 is 0 Å². The lowest BCUT2D eigenvalue weighted by atomic mass is 10.2. The fourth-order valence-electron chi connectivity index (χ4n) is 2.17. The molecule has 0 aliphatic rings. The van der Waals surface area contributed by atoms with Crippen molar-refractivity contribution in [2.45, 2.75) is 46.2 Å². The highest BCUT2D eigenvalue weighted by Crippen LogP contribution is 2.09. The van der Waals surface area contributed by atoms with Crippen molar-refractivity contribution in [2.24, 2.45) is 0 Å². The van der Waals surface area contributed by atoms with Crippen LogP contribution < -0.4 is 0 Å². The summed E-state index contributed by atoms with van der Waals surface area (Å²) in [7, 11) is 2.02. The molecule has 0 bridgehead atoms. The fourth-order valence-corrected chi connectivity index (χ4v) is 2.17. The topological polar surface area (TPSA) is 23.6 Å². The molecule has 3 heteroatoms. The van der Waals surface area contributed by atoms with Gasteiger partial charge in [0.2, 0.25) is 5.91 Å². The van der Waals surface area contributed by atoms with Crippen LogP contribution in [0.4, 0.5) is 0 Å². The van der Waals surface area contributed by atoms with Gasteiger partial charge in [-0.05, 0) is 39.4 Å². The van der Waals surface area contributed by atoms with Crippen molar-refractivity contribution in [1.82, 2.24) is 9.80 Å². The first-order chi connectivity index (χ1) is 9.54. The van der Waals surface area contributed by atoms with Gasteiger partial charge in [-0.1, -0.05) is 43.7 Å². The highest BCUT2D eigenvalue weighted by atomic mass is 16.2. The molecule has 0 atom stereocenters. The van der Waals surface area contributed by atoms with Gasteiger partial charge in [-0.2, -0.15) is 0 Å². The van der Waals surface area contributed by atoms with Crippen molar-refractivity contribution in [2.75, 3.05) is 20.1 Å². The Labute approximate surface area is 123 Å². The predicted octanol–water partition coefficient (Wildman–Crippen LogP) is 3.16. The summed E-state index contributed by atoms with van der Waals surface area (Å²) in [6, 6.07) is 10.4. The molecule has 3 nitrogen and oxygen atoms in total. The average molecular weight is 276 g/mol. The minimum absolute atomic E-state index is 0.211. The molecule has 0 saturated carbocycles. The average Bonchev–Trinajstić information content (AvgIpc) is 2.43. The third-order valence-electron chi connectivity index (χ3n) is 3.44. The highest BCUT2D eigenvalue weighted by Gasteiger charge is 2.18.